The molecule has 0 radical (unpaired) electrons. The molecule has 1 saturated heterocycles. The Kier molecular flexibility index (Phi) is 3.24. The van der Waals surface area contributed by atoms with Crippen molar-refractivity contribution in [1.82, 2.24) is 10.3 Å². The van der Waals surface area contributed by atoms with Gasteiger partial charge in [-0.2, -0.15) is 0 Å². The molecule has 3 rings (SSSR count). The maximum absolute atomic E-state index is 6.09. The van der Waals surface area contributed by atoms with Crippen LogP contribution in [0.15, 0.2) is 22.9 Å². The second-order valence-electron chi connectivity index (χ2n) is 4.76. The van der Waals surface area contributed by atoms with E-state index in [9.17, 15) is 0 Å². The van der Waals surface area contributed by atoms with Crippen LogP contribution in [0, 0.1) is 5.92 Å². The lowest BCUT2D eigenvalue weighted by Crippen LogP contribution is -2.37. The van der Waals surface area contributed by atoms with Gasteiger partial charge < -0.3 is 5.32 Å². The summed E-state index contributed by atoms with van der Waals surface area (Å²) in [6.45, 7) is 1.15. The highest BCUT2D eigenvalue weighted by Gasteiger charge is 2.29. The van der Waals surface area contributed by atoms with Gasteiger partial charge in [0, 0.05) is 12.2 Å². The number of hydrogen-bond acceptors (Lipinski definition) is 2. The lowest BCUT2D eigenvalue weighted by molar-refractivity contribution is 0.348. The molecule has 0 aromatic carbocycles. The summed E-state index contributed by atoms with van der Waals surface area (Å²) in [6.07, 6.45) is 7.99. The van der Waals surface area contributed by atoms with Crippen LogP contribution in [0.5, 0.6) is 0 Å². The van der Waals surface area contributed by atoms with Gasteiger partial charge in [0.15, 0.2) is 0 Å². The number of hydrogen-bond donors (Lipinski definition) is 1. The average Bonchev–Trinajstić information content (AvgIpc) is 2.76. The normalized spacial score (nSPS) is 27.8. The van der Waals surface area contributed by atoms with E-state index in [1.54, 1.807) is 0 Å². The molecular weight excluding hydrogens is 300 g/mol. The van der Waals surface area contributed by atoms with Gasteiger partial charge in [0.1, 0.15) is 4.60 Å². The van der Waals surface area contributed by atoms with E-state index in [1.165, 1.54) is 18.4 Å². The summed E-state index contributed by atoms with van der Waals surface area (Å²) >= 11 is 9.42. The number of nitrogens with zero attached hydrogens (tertiary/aromatic N) is 1. The molecule has 1 aliphatic heterocycles. The summed E-state index contributed by atoms with van der Waals surface area (Å²) in [6, 6.07) is 2.63. The lowest BCUT2D eigenvalue weighted by Gasteiger charge is -2.25. The molecule has 0 saturated carbocycles. The number of halogens is 2. The Morgan fingerprint density at radius 3 is 3.12 bits per heavy atom. The first-order valence-electron chi connectivity index (χ1n) is 5.99. The van der Waals surface area contributed by atoms with Crippen LogP contribution < -0.4 is 5.32 Å². The summed E-state index contributed by atoms with van der Waals surface area (Å²) in [5, 5.41) is 4.28. The molecule has 2 heterocycles. The highest BCUT2D eigenvalue weighted by molar-refractivity contribution is 9.10. The van der Waals surface area contributed by atoms with Crippen LogP contribution in [0.25, 0.3) is 5.57 Å². The summed E-state index contributed by atoms with van der Waals surface area (Å²) in [5.74, 6) is 0.696. The van der Waals surface area contributed by atoms with Gasteiger partial charge in [-0.15, -0.1) is 0 Å². The minimum Gasteiger partial charge on any atom is -0.313 e. The number of nitrogens with one attached hydrogen (secondary N) is 1. The highest BCUT2D eigenvalue weighted by Crippen LogP contribution is 2.37. The third kappa shape index (κ3) is 2.28. The first-order chi connectivity index (χ1) is 8.24. The topological polar surface area (TPSA) is 24.9 Å². The van der Waals surface area contributed by atoms with Crippen LogP contribution in [0.3, 0.4) is 0 Å². The molecule has 0 spiro atoms. The van der Waals surface area contributed by atoms with Crippen molar-refractivity contribution in [3.05, 3.63) is 33.5 Å². The van der Waals surface area contributed by atoms with E-state index in [-0.39, 0.29) is 0 Å². The molecule has 0 amide bonds. The average molecular weight is 314 g/mol. The first kappa shape index (κ1) is 11.7. The summed E-state index contributed by atoms with van der Waals surface area (Å²) < 4.78 is 0.719. The molecule has 90 valence electrons. The lowest BCUT2D eigenvalue weighted by atomic mass is 9.94. The minimum absolute atomic E-state index is 0.626. The second-order valence-corrected chi connectivity index (χ2v) is 5.92. The van der Waals surface area contributed by atoms with Crippen molar-refractivity contribution in [2.24, 2.45) is 5.92 Å². The van der Waals surface area contributed by atoms with E-state index in [4.69, 9.17) is 11.6 Å². The fourth-order valence-corrected chi connectivity index (χ4v) is 3.16. The molecule has 2 nitrogen and oxygen atoms in total. The zero-order valence-corrected chi connectivity index (χ0v) is 11.8. The smallest absolute Gasteiger partial charge is 0.124 e. The van der Waals surface area contributed by atoms with Crippen LogP contribution in [-0.4, -0.2) is 17.6 Å². The van der Waals surface area contributed by atoms with E-state index in [0.29, 0.717) is 17.0 Å². The van der Waals surface area contributed by atoms with E-state index < -0.39 is 0 Å². The Morgan fingerprint density at radius 1 is 1.47 bits per heavy atom. The van der Waals surface area contributed by atoms with Gasteiger partial charge in [-0.05, 0) is 64.9 Å². The van der Waals surface area contributed by atoms with Crippen LogP contribution >= 0.6 is 27.5 Å². The largest absolute Gasteiger partial charge is 0.313 e. The summed E-state index contributed by atoms with van der Waals surface area (Å²) in [5.41, 5.74) is 2.55. The van der Waals surface area contributed by atoms with Crippen LogP contribution in [0.2, 0.25) is 5.02 Å². The molecule has 17 heavy (non-hydrogen) atoms. The fourth-order valence-electron chi connectivity index (χ4n) is 2.78. The van der Waals surface area contributed by atoms with Crippen molar-refractivity contribution >= 4 is 33.1 Å². The van der Waals surface area contributed by atoms with Gasteiger partial charge in [0.05, 0.1) is 5.02 Å². The van der Waals surface area contributed by atoms with Gasteiger partial charge in [-0.3, -0.25) is 0 Å². The quantitative estimate of drug-likeness (QED) is 0.801. The predicted molar refractivity (Wildman–Crippen MR) is 74.1 cm³/mol. The number of aromatic nitrogens is 1. The van der Waals surface area contributed by atoms with Crippen molar-refractivity contribution in [3.63, 3.8) is 0 Å². The Bertz CT molecular complexity index is 472. The molecule has 1 aliphatic carbocycles. The fraction of sp³-hybridized carbons (Fsp3) is 0.462. The van der Waals surface area contributed by atoms with Crippen LogP contribution in [-0.2, 0) is 0 Å². The van der Waals surface area contributed by atoms with Gasteiger partial charge >= 0.3 is 0 Å². The molecule has 1 aromatic rings. The van der Waals surface area contributed by atoms with E-state index in [1.807, 2.05) is 12.3 Å². The SMILES string of the molecule is Clc1cc(C2=C[C@@H]3CCCN[C@@H]3C2)cnc1Br. The Morgan fingerprint density at radius 2 is 2.35 bits per heavy atom. The molecule has 4 heteroatoms. The predicted octanol–water partition coefficient (Wildman–Crippen LogP) is 3.65. The highest BCUT2D eigenvalue weighted by atomic mass is 79.9. The Hall–Kier alpha value is -0.380. The first-order valence-corrected chi connectivity index (χ1v) is 7.16. The zero-order valence-electron chi connectivity index (χ0n) is 9.42. The van der Waals surface area contributed by atoms with Crippen LogP contribution in [0.4, 0.5) is 0 Å². The van der Waals surface area contributed by atoms with Gasteiger partial charge in [0.25, 0.3) is 0 Å². The number of fused-ring (bicyclic) bond motifs is 1. The molecule has 1 aromatic heterocycles. The van der Waals surface area contributed by atoms with Crippen molar-refractivity contribution < 1.29 is 0 Å². The van der Waals surface area contributed by atoms with Crippen molar-refractivity contribution in [2.75, 3.05) is 6.54 Å². The third-order valence-corrected chi connectivity index (χ3v) is 4.81. The molecule has 0 bridgehead atoms. The molecule has 1 fully saturated rings. The molecule has 1 N–H and O–H groups in total. The third-order valence-electron chi connectivity index (χ3n) is 3.66. The zero-order chi connectivity index (χ0) is 11.8. The van der Waals surface area contributed by atoms with Gasteiger partial charge in [-0.25, -0.2) is 4.98 Å². The maximum Gasteiger partial charge on any atom is 0.124 e. The Balaban J connectivity index is 1.87. The van der Waals surface area contributed by atoms with E-state index >= 15 is 0 Å². The van der Waals surface area contributed by atoms with Gasteiger partial charge in [0.2, 0.25) is 0 Å². The molecule has 0 unspecified atom stereocenters. The number of piperidine rings is 1. The number of pyridine rings is 1. The Labute approximate surface area is 115 Å². The maximum atomic E-state index is 6.09. The second kappa shape index (κ2) is 4.71. The van der Waals surface area contributed by atoms with Crippen molar-refractivity contribution in [2.45, 2.75) is 25.3 Å². The summed E-state index contributed by atoms with van der Waals surface area (Å²) in [4.78, 5) is 4.26. The molecule has 2 aliphatic rings. The minimum atomic E-state index is 0.626. The van der Waals surface area contributed by atoms with Gasteiger partial charge in [-0.1, -0.05) is 17.7 Å². The van der Waals surface area contributed by atoms with Crippen LogP contribution in [0.1, 0.15) is 24.8 Å². The van der Waals surface area contributed by atoms with E-state index in [0.717, 1.165) is 23.1 Å². The van der Waals surface area contributed by atoms with Crippen molar-refractivity contribution in [3.8, 4) is 0 Å². The summed E-state index contributed by atoms with van der Waals surface area (Å²) in [7, 11) is 0. The van der Waals surface area contributed by atoms with E-state index in [2.05, 4.69) is 32.3 Å². The standard InChI is InChI=1S/C13H14BrClN2/c14-13-11(15)5-10(7-17-13)9-4-8-2-1-3-16-12(8)6-9/h4-5,7-8,12,16H,1-3,6H2/t8-,12+/m0/s1. The molecular formula is C13H14BrClN2. The number of rotatable bonds is 1. The monoisotopic (exact) mass is 312 g/mol. The molecule has 2 atom stereocenters. The van der Waals surface area contributed by atoms with Crippen molar-refractivity contribution in [1.29, 1.82) is 0 Å².